The number of hydrogen-bond donors (Lipinski definition) is 2. The van der Waals surface area contributed by atoms with E-state index in [0.717, 1.165) is 23.8 Å². The van der Waals surface area contributed by atoms with Crippen LogP contribution in [0.1, 0.15) is 35.3 Å². The van der Waals surface area contributed by atoms with Crippen molar-refractivity contribution in [3.8, 4) is 16.9 Å². The summed E-state index contributed by atoms with van der Waals surface area (Å²) < 4.78 is 68.3. The van der Waals surface area contributed by atoms with Crippen molar-refractivity contribution < 1.29 is 31.9 Å². The van der Waals surface area contributed by atoms with Crippen molar-refractivity contribution in [1.29, 1.82) is 0 Å². The first-order valence-corrected chi connectivity index (χ1v) is 13.8. The predicted octanol–water partition coefficient (Wildman–Crippen LogP) is 7.33. The number of aryl methyl sites for hydroxylation is 2. The van der Waals surface area contributed by atoms with Crippen LogP contribution in [0.5, 0.6) is 5.75 Å². The molecule has 5 rings (SSSR count). The lowest BCUT2D eigenvalue weighted by Gasteiger charge is -2.23. The fourth-order valence-corrected chi connectivity index (χ4v) is 5.16. The molecule has 0 aliphatic carbocycles. The third-order valence-electron chi connectivity index (χ3n) is 7.53. The minimum atomic E-state index is -4.42. The lowest BCUT2D eigenvalue weighted by atomic mass is 10.0. The normalized spacial score (nSPS) is 12.3. The van der Waals surface area contributed by atoms with Gasteiger partial charge >= 0.3 is 6.18 Å². The average Bonchev–Trinajstić information content (AvgIpc) is 3.00. The number of nitrogens with one attached hydrogen (secondary N) is 1. The summed E-state index contributed by atoms with van der Waals surface area (Å²) in [5.41, 5.74) is 1.83. The third-order valence-corrected chi connectivity index (χ3v) is 7.53. The molecule has 1 amide bonds. The largest absolute Gasteiger partial charge is 0.508 e. The summed E-state index contributed by atoms with van der Waals surface area (Å²) in [5, 5.41) is 13.3. The van der Waals surface area contributed by atoms with E-state index < -0.39 is 35.3 Å². The summed E-state index contributed by atoms with van der Waals surface area (Å²) in [5.74, 6) is -2.47. The van der Waals surface area contributed by atoms with E-state index in [-0.39, 0.29) is 41.5 Å². The Balaban J connectivity index is 1.36. The number of aromatic hydroxyl groups is 1. The lowest BCUT2D eigenvalue weighted by molar-refractivity contribution is -0.137. The molecule has 1 atom stereocenters. The number of nitrogens with zero attached hydrogens (tertiary/aromatic N) is 1. The number of amides is 1. The van der Waals surface area contributed by atoms with Crippen LogP contribution in [0, 0.1) is 11.6 Å². The van der Waals surface area contributed by atoms with Crippen molar-refractivity contribution in [3.63, 3.8) is 0 Å². The van der Waals surface area contributed by atoms with E-state index in [1.54, 1.807) is 35.8 Å². The summed E-state index contributed by atoms with van der Waals surface area (Å²) in [4.78, 5) is 26.3. The van der Waals surface area contributed by atoms with Crippen LogP contribution in [0.3, 0.4) is 0 Å². The summed E-state index contributed by atoms with van der Waals surface area (Å²) >= 11 is 0. The first-order valence-electron chi connectivity index (χ1n) is 13.8. The third kappa shape index (κ3) is 6.49. The van der Waals surface area contributed by atoms with Crippen LogP contribution in [0.25, 0.3) is 22.0 Å². The maximum Gasteiger partial charge on any atom is 0.416 e. The molecule has 1 aromatic heterocycles. The number of phenolic OH excluding ortho intramolecular Hbond substituents is 1. The van der Waals surface area contributed by atoms with Gasteiger partial charge in [-0.15, -0.1) is 0 Å². The van der Waals surface area contributed by atoms with Crippen LogP contribution in [-0.4, -0.2) is 15.6 Å². The van der Waals surface area contributed by atoms with E-state index in [2.05, 4.69) is 5.32 Å². The summed E-state index contributed by atoms with van der Waals surface area (Å²) in [6.45, 7) is 1.77. The van der Waals surface area contributed by atoms with Gasteiger partial charge in [-0.25, -0.2) is 8.78 Å². The van der Waals surface area contributed by atoms with Crippen LogP contribution in [0.15, 0.2) is 95.8 Å². The van der Waals surface area contributed by atoms with Gasteiger partial charge in [0.2, 0.25) is 5.91 Å². The minimum Gasteiger partial charge on any atom is -0.508 e. The van der Waals surface area contributed by atoms with E-state index in [4.69, 9.17) is 0 Å². The van der Waals surface area contributed by atoms with E-state index in [9.17, 15) is 36.6 Å². The van der Waals surface area contributed by atoms with Gasteiger partial charge in [-0.05, 0) is 72.4 Å². The molecule has 4 aromatic carbocycles. The highest BCUT2D eigenvalue weighted by atomic mass is 19.4. The monoisotopic (exact) mass is 606 g/mol. The number of rotatable bonds is 8. The summed E-state index contributed by atoms with van der Waals surface area (Å²) in [7, 11) is 0. The van der Waals surface area contributed by atoms with Crippen LogP contribution >= 0.6 is 0 Å². The zero-order chi connectivity index (χ0) is 31.6. The Hall–Kier alpha value is -4.99. The Morgan fingerprint density at radius 3 is 2.20 bits per heavy atom. The Bertz CT molecular complexity index is 1880. The molecule has 0 aliphatic heterocycles. The topological polar surface area (TPSA) is 71.3 Å². The second kappa shape index (κ2) is 12.3. The van der Waals surface area contributed by atoms with Gasteiger partial charge in [0.05, 0.1) is 11.1 Å². The first-order chi connectivity index (χ1) is 20.9. The number of halogens is 5. The SMILES string of the molecule is CC(C(=O)NCc1ccc(-c2ccc(C(F)(F)F)cc2)cc1)n1c(CCc2cccc(F)c2F)cc(=O)c2ccc(O)cc21. The summed E-state index contributed by atoms with van der Waals surface area (Å²) in [6.07, 6.45) is -4.24. The summed E-state index contributed by atoms with van der Waals surface area (Å²) in [6, 6.07) is 20.4. The smallest absolute Gasteiger partial charge is 0.416 e. The number of alkyl halides is 3. The molecule has 0 aliphatic rings. The number of fused-ring (bicyclic) bond motifs is 1. The molecule has 2 N–H and O–H groups in total. The number of hydrogen-bond acceptors (Lipinski definition) is 3. The molecular formula is C34H27F5N2O3. The molecule has 0 saturated carbocycles. The molecule has 1 unspecified atom stereocenters. The minimum absolute atomic E-state index is 0.0625. The van der Waals surface area contributed by atoms with Crippen molar-refractivity contribution in [2.45, 2.75) is 38.5 Å². The molecule has 1 heterocycles. The highest BCUT2D eigenvalue weighted by molar-refractivity contribution is 5.86. The fourth-order valence-electron chi connectivity index (χ4n) is 5.16. The quantitative estimate of drug-likeness (QED) is 0.182. The molecule has 10 heteroatoms. The highest BCUT2D eigenvalue weighted by Gasteiger charge is 2.30. The maximum absolute atomic E-state index is 14.3. The van der Waals surface area contributed by atoms with Crippen LogP contribution in [-0.2, 0) is 30.4 Å². The van der Waals surface area contributed by atoms with E-state index in [1.807, 2.05) is 0 Å². The van der Waals surface area contributed by atoms with E-state index in [0.29, 0.717) is 22.3 Å². The number of aromatic nitrogens is 1. The van der Waals surface area contributed by atoms with Crippen molar-refractivity contribution in [1.82, 2.24) is 9.88 Å². The van der Waals surface area contributed by atoms with Gasteiger partial charge in [-0.3, -0.25) is 9.59 Å². The second-order valence-corrected chi connectivity index (χ2v) is 10.5. The van der Waals surface area contributed by atoms with Crippen molar-refractivity contribution in [2.24, 2.45) is 0 Å². The lowest BCUT2D eigenvalue weighted by Crippen LogP contribution is -2.32. The number of carbonyl (C=O) groups is 1. The number of phenols is 1. The number of pyridine rings is 1. The molecule has 44 heavy (non-hydrogen) atoms. The zero-order valence-corrected chi connectivity index (χ0v) is 23.5. The number of carbonyl (C=O) groups excluding carboxylic acids is 1. The van der Waals surface area contributed by atoms with Gasteiger partial charge in [-0.2, -0.15) is 13.2 Å². The Labute approximate surface area is 249 Å². The standard InChI is InChI=1S/C34H27F5N2O3/c1-20(33(44)40-19-21-5-7-22(8-6-21)23-9-12-25(13-10-23)34(37,38)39)41-26(14-11-24-3-2-4-29(35)32(24)36)17-31(43)28-16-15-27(42)18-30(28)41/h2-10,12-13,15-18,20,42H,11,14,19H2,1H3,(H,40,44). The van der Waals surface area contributed by atoms with E-state index >= 15 is 0 Å². The van der Waals surface area contributed by atoms with Crippen LogP contribution < -0.4 is 10.7 Å². The van der Waals surface area contributed by atoms with Gasteiger partial charge in [0, 0.05) is 29.8 Å². The van der Waals surface area contributed by atoms with Crippen LogP contribution in [0.2, 0.25) is 0 Å². The van der Waals surface area contributed by atoms with E-state index in [1.165, 1.54) is 48.5 Å². The molecule has 226 valence electrons. The Kier molecular flexibility index (Phi) is 8.53. The molecule has 0 bridgehead atoms. The fraction of sp³-hybridized carbons (Fsp3) is 0.176. The van der Waals surface area contributed by atoms with Gasteiger partial charge in [0.15, 0.2) is 17.1 Å². The van der Waals surface area contributed by atoms with Crippen molar-refractivity contribution >= 4 is 16.8 Å². The average molecular weight is 607 g/mol. The molecule has 0 spiro atoms. The first kappa shape index (κ1) is 30.5. The molecule has 0 saturated heterocycles. The van der Waals surface area contributed by atoms with Gasteiger partial charge in [-0.1, -0.05) is 48.5 Å². The Morgan fingerprint density at radius 1 is 0.886 bits per heavy atom. The molecule has 5 nitrogen and oxygen atoms in total. The molecule has 0 radical (unpaired) electrons. The molecule has 5 aromatic rings. The van der Waals surface area contributed by atoms with Crippen molar-refractivity contribution in [3.05, 3.63) is 135 Å². The zero-order valence-electron chi connectivity index (χ0n) is 23.5. The van der Waals surface area contributed by atoms with Crippen LogP contribution in [0.4, 0.5) is 22.0 Å². The molecular weight excluding hydrogens is 579 g/mol. The Morgan fingerprint density at radius 2 is 1.55 bits per heavy atom. The highest BCUT2D eigenvalue weighted by Crippen LogP contribution is 2.31. The maximum atomic E-state index is 14.3. The van der Waals surface area contributed by atoms with Crippen molar-refractivity contribution in [2.75, 3.05) is 0 Å². The predicted molar refractivity (Wildman–Crippen MR) is 157 cm³/mol. The van der Waals surface area contributed by atoms with Gasteiger partial charge in [0.25, 0.3) is 0 Å². The van der Waals surface area contributed by atoms with Gasteiger partial charge < -0.3 is 15.0 Å². The van der Waals surface area contributed by atoms with Gasteiger partial charge in [0.1, 0.15) is 11.8 Å². The second-order valence-electron chi connectivity index (χ2n) is 10.5. The number of benzene rings is 4. The molecule has 0 fully saturated rings.